The van der Waals surface area contributed by atoms with Crippen LogP contribution in [-0.4, -0.2) is 18.2 Å². The maximum Gasteiger partial charge on any atom is 0.335 e. The summed E-state index contributed by atoms with van der Waals surface area (Å²) in [6.07, 6.45) is 0. The van der Waals surface area contributed by atoms with E-state index < -0.39 is 11.8 Å². The van der Waals surface area contributed by atoms with Gasteiger partial charge in [0.25, 0.3) is 0 Å². The molecule has 2 aromatic rings. The van der Waals surface area contributed by atoms with Crippen LogP contribution in [0.15, 0.2) is 36.4 Å². The number of rotatable bonds is 3. The minimum Gasteiger partial charge on any atom is -0.496 e. The molecular weight excluding hydrogens is 271 g/mol. The number of methoxy groups -OCH3 is 1. The first-order chi connectivity index (χ1) is 9.01. The maximum absolute atomic E-state index is 13.4. The Bertz CT molecular complexity index is 620. The zero-order chi connectivity index (χ0) is 14.0. The van der Waals surface area contributed by atoms with E-state index in [2.05, 4.69) is 0 Å². The second-order valence-corrected chi connectivity index (χ2v) is 4.31. The van der Waals surface area contributed by atoms with Gasteiger partial charge >= 0.3 is 5.97 Å². The van der Waals surface area contributed by atoms with E-state index in [9.17, 15) is 9.18 Å². The Morgan fingerprint density at radius 1 is 1.26 bits per heavy atom. The highest BCUT2D eigenvalue weighted by Gasteiger charge is 2.12. The molecule has 0 saturated heterocycles. The van der Waals surface area contributed by atoms with Crippen molar-refractivity contribution < 1.29 is 19.0 Å². The lowest BCUT2D eigenvalue weighted by molar-refractivity contribution is 0.0697. The van der Waals surface area contributed by atoms with Gasteiger partial charge in [0.1, 0.15) is 11.6 Å². The topological polar surface area (TPSA) is 46.5 Å². The SMILES string of the molecule is COc1ccc(C(=O)O)cc1-c1cc(F)cc(Cl)c1. The van der Waals surface area contributed by atoms with Crippen molar-refractivity contribution in [3.8, 4) is 16.9 Å². The minimum atomic E-state index is -1.06. The van der Waals surface area contributed by atoms with Crippen molar-refractivity contribution >= 4 is 17.6 Å². The third kappa shape index (κ3) is 2.85. The van der Waals surface area contributed by atoms with Gasteiger partial charge in [0, 0.05) is 10.6 Å². The number of carboxylic acid groups (broad SMARTS) is 1. The van der Waals surface area contributed by atoms with Crippen LogP contribution in [0.4, 0.5) is 4.39 Å². The molecule has 3 nitrogen and oxygen atoms in total. The van der Waals surface area contributed by atoms with Gasteiger partial charge in [0.05, 0.1) is 12.7 Å². The number of hydrogen-bond donors (Lipinski definition) is 1. The lowest BCUT2D eigenvalue weighted by Gasteiger charge is -2.10. The number of hydrogen-bond acceptors (Lipinski definition) is 2. The third-order valence-electron chi connectivity index (χ3n) is 2.62. The standard InChI is InChI=1S/C14H10ClFO3/c1-19-13-3-2-8(14(17)18)6-12(13)9-4-10(15)7-11(16)5-9/h2-7H,1H3,(H,17,18). The van der Waals surface area contributed by atoms with Crippen molar-refractivity contribution in [2.75, 3.05) is 7.11 Å². The first-order valence-corrected chi connectivity index (χ1v) is 5.77. The van der Waals surface area contributed by atoms with Crippen molar-refractivity contribution in [1.82, 2.24) is 0 Å². The van der Waals surface area contributed by atoms with Crippen molar-refractivity contribution in [2.24, 2.45) is 0 Å². The summed E-state index contributed by atoms with van der Waals surface area (Å²) in [7, 11) is 1.46. The molecule has 0 radical (unpaired) electrons. The molecule has 19 heavy (non-hydrogen) atoms. The van der Waals surface area contributed by atoms with Gasteiger partial charge in [0.2, 0.25) is 0 Å². The summed E-state index contributed by atoms with van der Waals surface area (Å²) >= 11 is 5.80. The molecule has 0 aliphatic carbocycles. The Labute approximate surface area is 114 Å². The second kappa shape index (κ2) is 5.28. The summed E-state index contributed by atoms with van der Waals surface area (Å²) in [5.74, 6) is -1.11. The molecule has 0 aliphatic heterocycles. The van der Waals surface area contributed by atoms with Gasteiger partial charge < -0.3 is 9.84 Å². The average Bonchev–Trinajstić information content (AvgIpc) is 2.36. The summed E-state index contributed by atoms with van der Waals surface area (Å²) in [4.78, 5) is 11.0. The molecule has 0 atom stereocenters. The summed E-state index contributed by atoms with van der Waals surface area (Å²) in [5.41, 5.74) is 1.03. The van der Waals surface area contributed by atoms with Gasteiger partial charge in [0.15, 0.2) is 0 Å². The smallest absolute Gasteiger partial charge is 0.335 e. The second-order valence-electron chi connectivity index (χ2n) is 3.88. The molecule has 0 bridgehead atoms. The van der Waals surface area contributed by atoms with E-state index in [0.29, 0.717) is 16.9 Å². The number of halogens is 2. The molecule has 1 N–H and O–H groups in total. The lowest BCUT2D eigenvalue weighted by Crippen LogP contribution is -1.98. The number of ether oxygens (including phenoxy) is 1. The number of carbonyl (C=O) groups is 1. The number of aromatic carboxylic acids is 1. The number of carboxylic acids is 1. The molecule has 0 heterocycles. The van der Waals surface area contributed by atoms with E-state index in [-0.39, 0.29) is 10.6 Å². The van der Waals surface area contributed by atoms with Gasteiger partial charge in [-0.3, -0.25) is 0 Å². The molecule has 98 valence electrons. The van der Waals surface area contributed by atoms with Gasteiger partial charge in [-0.25, -0.2) is 9.18 Å². The Hall–Kier alpha value is -2.07. The van der Waals surface area contributed by atoms with Crippen LogP contribution in [0.3, 0.4) is 0 Å². The summed E-state index contributed by atoms with van der Waals surface area (Å²) in [5, 5.41) is 9.22. The Morgan fingerprint density at radius 3 is 2.58 bits per heavy atom. The number of benzene rings is 2. The molecular formula is C14H10ClFO3. The molecule has 2 aromatic carbocycles. The van der Waals surface area contributed by atoms with Crippen LogP contribution in [0.5, 0.6) is 5.75 Å². The molecule has 0 unspecified atom stereocenters. The molecule has 0 aromatic heterocycles. The fourth-order valence-corrected chi connectivity index (χ4v) is 2.00. The predicted octanol–water partition coefficient (Wildman–Crippen LogP) is 3.85. The first kappa shape index (κ1) is 13.4. The van der Waals surface area contributed by atoms with Crippen molar-refractivity contribution in [3.63, 3.8) is 0 Å². The zero-order valence-electron chi connectivity index (χ0n) is 9.98. The summed E-state index contributed by atoms with van der Waals surface area (Å²) < 4.78 is 18.5. The highest BCUT2D eigenvalue weighted by atomic mass is 35.5. The van der Waals surface area contributed by atoms with Crippen molar-refractivity contribution in [3.05, 3.63) is 52.8 Å². The minimum absolute atomic E-state index is 0.0937. The van der Waals surface area contributed by atoms with Crippen LogP contribution >= 0.6 is 11.6 Å². The fraction of sp³-hybridized carbons (Fsp3) is 0.0714. The summed E-state index contributed by atoms with van der Waals surface area (Å²) in [6.45, 7) is 0. The largest absolute Gasteiger partial charge is 0.496 e. The van der Waals surface area contributed by atoms with Crippen molar-refractivity contribution in [2.45, 2.75) is 0 Å². The highest BCUT2D eigenvalue weighted by Crippen LogP contribution is 2.33. The van der Waals surface area contributed by atoms with E-state index in [1.165, 1.54) is 37.4 Å². The quantitative estimate of drug-likeness (QED) is 0.929. The van der Waals surface area contributed by atoms with E-state index >= 15 is 0 Å². The average molecular weight is 281 g/mol. The van der Waals surface area contributed by atoms with Gasteiger partial charge in [-0.15, -0.1) is 0 Å². The Morgan fingerprint density at radius 2 is 2.00 bits per heavy atom. The first-order valence-electron chi connectivity index (χ1n) is 5.39. The molecule has 0 saturated carbocycles. The van der Waals surface area contributed by atoms with Crippen LogP contribution in [-0.2, 0) is 0 Å². The third-order valence-corrected chi connectivity index (χ3v) is 2.84. The molecule has 2 rings (SSSR count). The molecule has 0 amide bonds. The van der Waals surface area contributed by atoms with E-state index in [0.717, 1.165) is 0 Å². The highest BCUT2D eigenvalue weighted by molar-refractivity contribution is 6.30. The van der Waals surface area contributed by atoms with Crippen molar-refractivity contribution in [1.29, 1.82) is 0 Å². The van der Waals surface area contributed by atoms with Crippen LogP contribution in [0.2, 0.25) is 5.02 Å². The normalized spacial score (nSPS) is 10.3. The molecule has 0 aliphatic rings. The molecule has 0 spiro atoms. The lowest BCUT2D eigenvalue weighted by atomic mass is 10.0. The van der Waals surface area contributed by atoms with Crippen LogP contribution in [0.25, 0.3) is 11.1 Å². The van der Waals surface area contributed by atoms with Gasteiger partial charge in [-0.1, -0.05) is 11.6 Å². The monoisotopic (exact) mass is 280 g/mol. The van der Waals surface area contributed by atoms with Crippen LogP contribution in [0, 0.1) is 5.82 Å². The summed E-state index contributed by atoms with van der Waals surface area (Å²) in [6, 6.07) is 8.37. The van der Waals surface area contributed by atoms with Gasteiger partial charge in [-0.2, -0.15) is 0 Å². The van der Waals surface area contributed by atoms with E-state index in [4.69, 9.17) is 21.4 Å². The van der Waals surface area contributed by atoms with Crippen LogP contribution in [0.1, 0.15) is 10.4 Å². The predicted molar refractivity (Wildman–Crippen MR) is 70.4 cm³/mol. The maximum atomic E-state index is 13.4. The molecule has 0 fully saturated rings. The fourth-order valence-electron chi connectivity index (χ4n) is 1.78. The van der Waals surface area contributed by atoms with Gasteiger partial charge in [-0.05, 0) is 42.0 Å². The molecule has 5 heteroatoms. The van der Waals surface area contributed by atoms with E-state index in [1.54, 1.807) is 6.07 Å². The van der Waals surface area contributed by atoms with E-state index in [1.807, 2.05) is 0 Å². The Balaban J connectivity index is 2.64. The Kier molecular flexibility index (Phi) is 3.71. The van der Waals surface area contributed by atoms with Crippen LogP contribution < -0.4 is 4.74 Å². The zero-order valence-corrected chi connectivity index (χ0v) is 10.7.